The molecule has 33 heavy (non-hydrogen) atoms. The lowest BCUT2D eigenvalue weighted by molar-refractivity contribution is -0.161. The maximum Gasteiger partial charge on any atom is 0.359 e. The molecule has 2 aliphatic rings. The van der Waals surface area contributed by atoms with E-state index in [1.165, 1.54) is 11.1 Å². The monoisotopic (exact) mass is 439 g/mol. The molecule has 1 unspecified atom stereocenters. The number of aliphatic hydroxyl groups is 1. The molecule has 0 bridgehead atoms. The Hall–Kier alpha value is -3.53. The van der Waals surface area contributed by atoms with Crippen LogP contribution in [0.5, 0.6) is 0 Å². The van der Waals surface area contributed by atoms with Crippen LogP contribution in [0.25, 0.3) is 0 Å². The topological polar surface area (TPSA) is 49.8 Å². The van der Waals surface area contributed by atoms with Crippen molar-refractivity contribution in [1.29, 1.82) is 0 Å². The first kappa shape index (κ1) is 21.3. The summed E-state index contributed by atoms with van der Waals surface area (Å²) in [6.07, 6.45) is 1.58. The fourth-order valence-corrected chi connectivity index (χ4v) is 5.22. The number of hydrogen-bond acceptors (Lipinski definition) is 4. The molecule has 1 atom stereocenters. The van der Waals surface area contributed by atoms with Crippen LogP contribution in [-0.2, 0) is 27.0 Å². The number of nitrogens with zero attached hydrogens (tertiary/aromatic N) is 1. The summed E-state index contributed by atoms with van der Waals surface area (Å²) in [7, 11) is 0. The maximum atomic E-state index is 13.5. The summed E-state index contributed by atoms with van der Waals surface area (Å²) in [6.45, 7) is 4.93. The van der Waals surface area contributed by atoms with E-state index < -0.39 is 11.6 Å². The minimum Gasteiger partial charge on any atom is -0.510 e. The molecule has 0 saturated heterocycles. The molecule has 0 aliphatic carbocycles. The van der Waals surface area contributed by atoms with Gasteiger partial charge in [-0.15, -0.1) is 0 Å². The number of para-hydroxylation sites is 1. The largest absolute Gasteiger partial charge is 0.510 e. The molecule has 0 spiro atoms. The van der Waals surface area contributed by atoms with Crippen molar-refractivity contribution in [3.63, 3.8) is 0 Å². The first-order valence-corrected chi connectivity index (χ1v) is 11.5. The molecule has 4 heteroatoms. The van der Waals surface area contributed by atoms with E-state index in [0.717, 1.165) is 17.7 Å². The van der Waals surface area contributed by atoms with Crippen LogP contribution < -0.4 is 4.90 Å². The van der Waals surface area contributed by atoms with E-state index in [2.05, 4.69) is 32.0 Å². The Labute approximate surface area is 195 Å². The third kappa shape index (κ3) is 3.80. The third-order valence-corrected chi connectivity index (χ3v) is 6.92. The normalized spacial score (nSPS) is 21.6. The van der Waals surface area contributed by atoms with Crippen LogP contribution >= 0.6 is 0 Å². The van der Waals surface area contributed by atoms with Gasteiger partial charge in [0.25, 0.3) is 0 Å². The predicted octanol–water partition coefficient (Wildman–Crippen LogP) is 6.03. The second-order valence-electron chi connectivity index (χ2n) is 9.69. The fraction of sp³-hybridized carbons (Fsp3) is 0.276. The standard InChI is InChI=1S/C29H29NO3/c1-28(2)20-30(24-16-10-9-15-23(24)28)26-25(31)19-29(33-27(26)32,22-13-7-4-8-14-22)18-17-21-11-5-3-6-12-21/h3-16,31H,17-20H2,1-2H3. The smallest absolute Gasteiger partial charge is 0.359 e. The first-order chi connectivity index (χ1) is 15.9. The Balaban J connectivity index is 1.53. The summed E-state index contributed by atoms with van der Waals surface area (Å²) in [5.41, 5.74) is 3.43. The van der Waals surface area contributed by atoms with Gasteiger partial charge in [-0.05, 0) is 35.6 Å². The zero-order valence-electron chi connectivity index (χ0n) is 19.1. The van der Waals surface area contributed by atoms with E-state index in [0.29, 0.717) is 13.0 Å². The van der Waals surface area contributed by atoms with Crippen molar-refractivity contribution in [1.82, 2.24) is 0 Å². The molecular weight excluding hydrogens is 410 g/mol. The highest BCUT2D eigenvalue weighted by atomic mass is 16.6. The van der Waals surface area contributed by atoms with Gasteiger partial charge in [0.05, 0.1) is 6.42 Å². The van der Waals surface area contributed by atoms with Crippen LogP contribution in [0, 0.1) is 0 Å². The molecule has 2 heterocycles. The number of fused-ring (bicyclic) bond motifs is 1. The highest BCUT2D eigenvalue weighted by Crippen LogP contribution is 2.47. The number of esters is 1. The van der Waals surface area contributed by atoms with Gasteiger partial charge < -0.3 is 14.7 Å². The summed E-state index contributed by atoms with van der Waals surface area (Å²) in [5, 5.41) is 11.3. The zero-order chi connectivity index (χ0) is 23.1. The molecule has 0 radical (unpaired) electrons. The number of aliphatic hydroxyl groups excluding tert-OH is 1. The molecule has 3 aromatic rings. The van der Waals surface area contributed by atoms with Gasteiger partial charge >= 0.3 is 5.97 Å². The van der Waals surface area contributed by atoms with Crippen LogP contribution in [0.3, 0.4) is 0 Å². The minimum absolute atomic E-state index is 0.0932. The zero-order valence-corrected chi connectivity index (χ0v) is 19.1. The summed E-state index contributed by atoms with van der Waals surface area (Å²) in [6, 6.07) is 28.1. The van der Waals surface area contributed by atoms with Gasteiger partial charge in [0.1, 0.15) is 11.4 Å². The SMILES string of the molecule is CC1(C)CN(C2=C(O)CC(CCc3ccccc3)(c3ccccc3)OC2=O)c2ccccc21. The molecule has 0 amide bonds. The molecule has 0 saturated carbocycles. The van der Waals surface area contributed by atoms with Crippen molar-refractivity contribution in [2.24, 2.45) is 0 Å². The molecule has 5 rings (SSSR count). The maximum absolute atomic E-state index is 13.5. The second-order valence-corrected chi connectivity index (χ2v) is 9.69. The Morgan fingerprint density at radius 1 is 0.909 bits per heavy atom. The van der Waals surface area contributed by atoms with E-state index in [4.69, 9.17) is 4.74 Å². The second kappa shape index (κ2) is 8.11. The summed E-state index contributed by atoms with van der Waals surface area (Å²) >= 11 is 0. The quantitative estimate of drug-likeness (QED) is 0.493. The number of carbonyl (C=O) groups is 1. The number of anilines is 1. The summed E-state index contributed by atoms with van der Waals surface area (Å²) < 4.78 is 6.26. The van der Waals surface area contributed by atoms with E-state index in [1.54, 1.807) is 0 Å². The molecule has 0 aromatic heterocycles. The lowest BCUT2D eigenvalue weighted by Gasteiger charge is -2.39. The van der Waals surface area contributed by atoms with Gasteiger partial charge in [-0.25, -0.2) is 4.79 Å². The van der Waals surface area contributed by atoms with Crippen molar-refractivity contribution in [3.05, 3.63) is 113 Å². The van der Waals surface area contributed by atoms with Gasteiger partial charge in [0, 0.05) is 17.6 Å². The molecule has 1 N–H and O–H groups in total. The number of ether oxygens (including phenoxy) is 1. The fourth-order valence-electron chi connectivity index (χ4n) is 5.22. The third-order valence-electron chi connectivity index (χ3n) is 6.92. The number of aryl methyl sites for hydroxylation is 1. The van der Waals surface area contributed by atoms with Gasteiger partial charge in [0.15, 0.2) is 5.70 Å². The highest BCUT2D eigenvalue weighted by Gasteiger charge is 2.47. The van der Waals surface area contributed by atoms with Crippen molar-refractivity contribution in [2.75, 3.05) is 11.4 Å². The van der Waals surface area contributed by atoms with Crippen molar-refractivity contribution < 1.29 is 14.6 Å². The van der Waals surface area contributed by atoms with Crippen LogP contribution in [0.15, 0.2) is 96.4 Å². The van der Waals surface area contributed by atoms with E-state index >= 15 is 0 Å². The number of hydrogen-bond donors (Lipinski definition) is 1. The van der Waals surface area contributed by atoms with Crippen LogP contribution in [0.1, 0.15) is 43.4 Å². The lowest BCUT2D eigenvalue weighted by Crippen LogP contribution is -2.43. The Morgan fingerprint density at radius 2 is 1.55 bits per heavy atom. The molecule has 3 aromatic carbocycles. The number of rotatable bonds is 5. The van der Waals surface area contributed by atoms with E-state index in [-0.39, 0.29) is 23.3 Å². The summed E-state index contributed by atoms with van der Waals surface area (Å²) in [5.74, 6) is -0.376. The van der Waals surface area contributed by atoms with Gasteiger partial charge in [-0.1, -0.05) is 92.7 Å². The van der Waals surface area contributed by atoms with E-state index in [9.17, 15) is 9.90 Å². The lowest BCUT2D eigenvalue weighted by atomic mass is 9.82. The van der Waals surface area contributed by atoms with Crippen LogP contribution in [-0.4, -0.2) is 17.6 Å². The Morgan fingerprint density at radius 3 is 2.24 bits per heavy atom. The van der Waals surface area contributed by atoms with E-state index in [1.807, 2.05) is 71.6 Å². The molecular formula is C29H29NO3. The van der Waals surface area contributed by atoms with Gasteiger partial charge in [-0.2, -0.15) is 0 Å². The first-order valence-electron chi connectivity index (χ1n) is 11.5. The van der Waals surface area contributed by atoms with Crippen LogP contribution in [0.4, 0.5) is 5.69 Å². The number of carbonyl (C=O) groups excluding carboxylic acids is 1. The average Bonchev–Trinajstić information content (AvgIpc) is 3.09. The minimum atomic E-state index is -0.906. The van der Waals surface area contributed by atoms with Gasteiger partial charge in [0.2, 0.25) is 0 Å². The number of benzene rings is 3. The molecule has 4 nitrogen and oxygen atoms in total. The highest BCUT2D eigenvalue weighted by molar-refractivity contribution is 5.95. The van der Waals surface area contributed by atoms with Crippen molar-refractivity contribution in [2.45, 2.75) is 44.1 Å². The average molecular weight is 440 g/mol. The van der Waals surface area contributed by atoms with Crippen molar-refractivity contribution in [3.8, 4) is 0 Å². The Bertz CT molecular complexity index is 1200. The predicted molar refractivity (Wildman–Crippen MR) is 130 cm³/mol. The summed E-state index contributed by atoms with van der Waals surface area (Å²) in [4.78, 5) is 15.5. The van der Waals surface area contributed by atoms with Gasteiger partial charge in [-0.3, -0.25) is 0 Å². The molecule has 168 valence electrons. The van der Waals surface area contributed by atoms with Crippen LogP contribution in [0.2, 0.25) is 0 Å². The molecule has 2 aliphatic heterocycles. The molecule has 0 fully saturated rings. The Kier molecular flexibility index (Phi) is 5.24. The van der Waals surface area contributed by atoms with Crippen molar-refractivity contribution >= 4 is 11.7 Å². The number of cyclic esters (lactones) is 1.